The van der Waals surface area contributed by atoms with Gasteiger partial charge in [-0.3, -0.25) is 12.2 Å². The fraction of sp³-hybridized carbons (Fsp3) is 0.250. The minimum absolute atomic E-state index is 0. The second-order valence-corrected chi connectivity index (χ2v) is 2.01. The first-order valence-corrected chi connectivity index (χ1v) is 4.14. The number of hydrogen-bond donors (Lipinski definition) is 0. The van der Waals surface area contributed by atoms with E-state index in [2.05, 4.69) is 31.2 Å². The zero-order chi connectivity index (χ0) is 9.07. The van der Waals surface area contributed by atoms with Gasteiger partial charge in [0.2, 0.25) is 0 Å². The Balaban J connectivity index is -0.000000131. The number of rotatable bonds is 0. The molecule has 0 aromatic rings. The van der Waals surface area contributed by atoms with Crippen LogP contribution in [0.15, 0.2) is 36.5 Å². The molecule has 0 saturated carbocycles. The largest absolute Gasteiger partial charge is 4.00 e. The summed E-state index contributed by atoms with van der Waals surface area (Å²) in [5.74, 6) is 0. The van der Waals surface area contributed by atoms with Crippen molar-refractivity contribution in [3.8, 4) is 0 Å². The fourth-order valence-electron chi connectivity index (χ4n) is 0.680. The standard InChI is InChI=1S/2C5H5.C2H5.Ti.H/c2*1-2-4-5-3-1;1-2;;/h2*1-3H,4H2;1H2,2H3;;/q3*-1;+4;-1. The first kappa shape index (κ1) is 15.2. The van der Waals surface area contributed by atoms with E-state index in [4.69, 9.17) is 0 Å². The summed E-state index contributed by atoms with van der Waals surface area (Å²) < 4.78 is 0. The Hall–Kier alpha value is -0.326. The van der Waals surface area contributed by atoms with Crippen LogP contribution in [0.5, 0.6) is 0 Å². The van der Waals surface area contributed by atoms with Gasteiger partial charge in [0.15, 0.2) is 0 Å². The topological polar surface area (TPSA) is 0 Å². The molecule has 0 nitrogen and oxygen atoms in total. The van der Waals surface area contributed by atoms with E-state index in [0.29, 0.717) is 0 Å². The van der Waals surface area contributed by atoms with Crippen LogP contribution in [0.4, 0.5) is 0 Å². The summed E-state index contributed by atoms with van der Waals surface area (Å²) in [6.07, 6.45) is 20.0. The Morgan fingerprint density at radius 1 is 1.00 bits per heavy atom. The fourth-order valence-corrected chi connectivity index (χ4v) is 0.680. The zero-order valence-corrected chi connectivity index (χ0v) is 9.65. The quantitative estimate of drug-likeness (QED) is 0.421. The molecule has 0 bridgehead atoms. The van der Waals surface area contributed by atoms with Crippen molar-refractivity contribution in [2.24, 2.45) is 0 Å². The third-order valence-electron chi connectivity index (χ3n) is 1.17. The normalized spacial score (nSPS) is 14.0. The van der Waals surface area contributed by atoms with E-state index in [0.717, 1.165) is 12.8 Å². The van der Waals surface area contributed by atoms with Gasteiger partial charge in [-0.25, -0.2) is 24.3 Å². The molecule has 0 aromatic carbocycles. The van der Waals surface area contributed by atoms with Crippen molar-refractivity contribution in [1.29, 1.82) is 0 Å². The van der Waals surface area contributed by atoms with Gasteiger partial charge in [-0.15, -0.1) is 12.8 Å². The first-order chi connectivity index (χ1) is 6.00. The molecule has 0 radical (unpaired) electrons. The van der Waals surface area contributed by atoms with Gasteiger partial charge in [0.25, 0.3) is 0 Å². The van der Waals surface area contributed by atoms with Crippen molar-refractivity contribution in [1.82, 2.24) is 0 Å². The Morgan fingerprint density at radius 3 is 1.46 bits per heavy atom. The van der Waals surface area contributed by atoms with Crippen molar-refractivity contribution in [3.05, 3.63) is 55.5 Å². The summed E-state index contributed by atoms with van der Waals surface area (Å²) in [5, 5.41) is 0. The summed E-state index contributed by atoms with van der Waals surface area (Å²) in [4.78, 5) is 0. The van der Waals surface area contributed by atoms with Gasteiger partial charge in [0.05, 0.1) is 0 Å². The van der Waals surface area contributed by atoms with Crippen molar-refractivity contribution in [2.45, 2.75) is 19.8 Å². The third-order valence-corrected chi connectivity index (χ3v) is 1.17. The minimum atomic E-state index is 0. The molecule has 0 spiro atoms. The maximum Gasteiger partial charge on any atom is 4.00 e. The van der Waals surface area contributed by atoms with Gasteiger partial charge in [-0.2, -0.15) is 19.1 Å². The summed E-state index contributed by atoms with van der Waals surface area (Å²) >= 11 is 0. The maximum atomic E-state index is 3.25. The molecule has 0 fully saturated rings. The van der Waals surface area contributed by atoms with Crippen LogP contribution in [0.25, 0.3) is 0 Å². The maximum absolute atomic E-state index is 3.25. The second kappa shape index (κ2) is 14.2. The summed E-state index contributed by atoms with van der Waals surface area (Å²) in [5.41, 5.74) is 0. The smallest absolute Gasteiger partial charge is 1.00 e. The number of hydrogen-bond acceptors (Lipinski definition) is 0. The molecule has 0 unspecified atom stereocenters. The van der Waals surface area contributed by atoms with E-state index in [1.807, 2.05) is 24.3 Å². The van der Waals surface area contributed by atoms with Crippen molar-refractivity contribution < 1.29 is 23.1 Å². The van der Waals surface area contributed by atoms with Crippen LogP contribution in [0.2, 0.25) is 0 Å². The van der Waals surface area contributed by atoms with Gasteiger partial charge in [-0.05, 0) is 0 Å². The molecule has 1 heteroatoms. The molecular weight excluding hydrogens is 192 g/mol. The molecule has 2 aliphatic rings. The summed E-state index contributed by atoms with van der Waals surface area (Å²) in [6, 6.07) is 0. The van der Waals surface area contributed by atoms with Crippen molar-refractivity contribution in [3.63, 3.8) is 0 Å². The van der Waals surface area contributed by atoms with E-state index < -0.39 is 0 Å². The van der Waals surface area contributed by atoms with Crippen LogP contribution in [0, 0.1) is 19.1 Å². The van der Waals surface area contributed by atoms with Gasteiger partial charge in [0, 0.05) is 0 Å². The van der Waals surface area contributed by atoms with E-state index in [1.165, 1.54) is 0 Å². The predicted octanol–water partition coefficient (Wildman–Crippen LogP) is 3.56. The molecule has 0 aliphatic heterocycles. The minimum Gasteiger partial charge on any atom is -1.00 e. The van der Waals surface area contributed by atoms with E-state index in [9.17, 15) is 0 Å². The molecule has 0 atom stereocenters. The van der Waals surface area contributed by atoms with Crippen LogP contribution in [-0.4, -0.2) is 0 Å². The van der Waals surface area contributed by atoms with Gasteiger partial charge >= 0.3 is 21.7 Å². The summed E-state index contributed by atoms with van der Waals surface area (Å²) in [7, 11) is 0. The molecule has 2 rings (SSSR count). The summed E-state index contributed by atoms with van der Waals surface area (Å²) in [6.45, 7) is 5.00. The van der Waals surface area contributed by atoms with Crippen LogP contribution in [-0.2, 0) is 21.7 Å². The Labute approximate surface area is 98.5 Å². The van der Waals surface area contributed by atoms with E-state index >= 15 is 0 Å². The monoisotopic (exact) mass is 208 g/mol. The molecule has 0 N–H and O–H groups in total. The Morgan fingerprint density at radius 2 is 1.38 bits per heavy atom. The molecule has 0 amide bonds. The Bertz CT molecular complexity index is 148. The second-order valence-electron chi connectivity index (χ2n) is 2.01. The zero-order valence-electron chi connectivity index (χ0n) is 9.09. The molecule has 0 heterocycles. The van der Waals surface area contributed by atoms with E-state index in [-0.39, 0.29) is 23.1 Å². The van der Waals surface area contributed by atoms with Crippen LogP contribution in [0.1, 0.15) is 21.2 Å². The first-order valence-electron chi connectivity index (χ1n) is 4.14. The third kappa shape index (κ3) is 11.7. The van der Waals surface area contributed by atoms with Gasteiger partial charge in [-0.1, -0.05) is 0 Å². The molecule has 0 saturated heterocycles. The van der Waals surface area contributed by atoms with Gasteiger partial charge in [0.1, 0.15) is 0 Å². The van der Waals surface area contributed by atoms with Crippen LogP contribution >= 0.6 is 0 Å². The average Bonchev–Trinajstić information content (AvgIpc) is 2.87. The van der Waals surface area contributed by atoms with Crippen molar-refractivity contribution in [2.75, 3.05) is 0 Å². The van der Waals surface area contributed by atoms with Crippen molar-refractivity contribution >= 4 is 0 Å². The molecule has 2 aliphatic carbocycles. The Kier molecular flexibility index (Phi) is 16.6. The molecule has 13 heavy (non-hydrogen) atoms. The van der Waals surface area contributed by atoms with Gasteiger partial charge < -0.3 is 8.35 Å². The average molecular weight is 208 g/mol. The molecule has 0 aromatic heterocycles. The SMILES string of the molecule is [C-]1=CC=CC1.[C-]1=CC=CC1.[CH2-]C.[H-].[Ti+4]. The van der Waals surface area contributed by atoms with Crippen LogP contribution in [0.3, 0.4) is 0 Å². The molecule has 68 valence electrons. The van der Waals surface area contributed by atoms with Crippen LogP contribution < -0.4 is 0 Å². The number of allylic oxidation sites excluding steroid dienone is 8. The predicted molar refractivity (Wildman–Crippen MR) is 55.3 cm³/mol. The molecular formula is C12H16Ti. The van der Waals surface area contributed by atoms with E-state index in [1.54, 1.807) is 6.92 Å².